The maximum Gasteiger partial charge on any atom is 0.141 e. The van der Waals surface area contributed by atoms with Gasteiger partial charge in [0, 0.05) is 12.4 Å². The summed E-state index contributed by atoms with van der Waals surface area (Å²) in [5, 5.41) is 6.51. The molecule has 0 amide bonds. The lowest BCUT2D eigenvalue weighted by Gasteiger charge is -1.93. The highest BCUT2D eigenvalue weighted by Crippen LogP contribution is 2.09. The van der Waals surface area contributed by atoms with Crippen molar-refractivity contribution in [2.75, 3.05) is 0 Å². The van der Waals surface area contributed by atoms with Gasteiger partial charge in [0.2, 0.25) is 0 Å². The minimum atomic E-state index is 0.668. The van der Waals surface area contributed by atoms with E-state index in [-0.39, 0.29) is 0 Å². The van der Waals surface area contributed by atoms with Gasteiger partial charge < -0.3 is 4.98 Å². The molecule has 0 unspecified atom stereocenters. The van der Waals surface area contributed by atoms with E-state index in [2.05, 4.69) is 20.2 Å². The Morgan fingerprint density at radius 1 is 1.42 bits per heavy atom. The molecule has 2 heterocycles. The molecule has 2 N–H and O–H groups in total. The van der Waals surface area contributed by atoms with Crippen molar-refractivity contribution >= 4 is 12.2 Å². The first kappa shape index (κ1) is 7.17. The van der Waals surface area contributed by atoms with Gasteiger partial charge in [0.25, 0.3) is 0 Å². The molecular formula is C7H6N4S. The minimum absolute atomic E-state index is 0.668. The molecule has 2 aromatic heterocycles. The van der Waals surface area contributed by atoms with Crippen LogP contribution in [0.15, 0.2) is 24.7 Å². The van der Waals surface area contributed by atoms with E-state index < -0.39 is 0 Å². The van der Waals surface area contributed by atoms with E-state index in [0.29, 0.717) is 4.64 Å². The smallest absolute Gasteiger partial charge is 0.141 e. The maximum absolute atomic E-state index is 4.95. The quantitative estimate of drug-likeness (QED) is 0.651. The zero-order valence-electron chi connectivity index (χ0n) is 6.11. The fourth-order valence-electron chi connectivity index (χ4n) is 0.897. The van der Waals surface area contributed by atoms with Crippen molar-refractivity contribution in [3.05, 3.63) is 29.3 Å². The van der Waals surface area contributed by atoms with Crippen LogP contribution in [-0.4, -0.2) is 20.2 Å². The summed E-state index contributed by atoms with van der Waals surface area (Å²) in [6.07, 6.45) is 5.11. The number of aromatic amines is 2. The fourth-order valence-corrected chi connectivity index (χ4v) is 1.05. The summed E-state index contributed by atoms with van der Waals surface area (Å²) < 4.78 is 0.668. The minimum Gasteiger partial charge on any atom is -0.331 e. The molecule has 0 aliphatic heterocycles. The lowest BCUT2D eigenvalue weighted by atomic mass is 10.3. The molecule has 0 radical (unpaired) electrons. The van der Waals surface area contributed by atoms with E-state index in [1.165, 1.54) is 0 Å². The van der Waals surface area contributed by atoms with E-state index in [4.69, 9.17) is 12.2 Å². The third-order valence-corrected chi connectivity index (χ3v) is 1.68. The first-order valence-electron chi connectivity index (χ1n) is 3.41. The molecule has 4 nitrogen and oxygen atoms in total. The Morgan fingerprint density at radius 2 is 2.33 bits per heavy atom. The molecule has 60 valence electrons. The molecule has 12 heavy (non-hydrogen) atoms. The molecule has 0 aliphatic rings. The van der Waals surface area contributed by atoms with Gasteiger partial charge in [-0.25, -0.2) is 4.98 Å². The van der Waals surface area contributed by atoms with Gasteiger partial charge in [-0.05, 0) is 6.07 Å². The van der Waals surface area contributed by atoms with E-state index in [1.807, 2.05) is 0 Å². The Kier molecular flexibility index (Phi) is 1.71. The van der Waals surface area contributed by atoms with Crippen molar-refractivity contribution < 1.29 is 0 Å². The molecule has 0 saturated carbocycles. The number of rotatable bonds is 1. The van der Waals surface area contributed by atoms with E-state index in [9.17, 15) is 0 Å². The van der Waals surface area contributed by atoms with Crippen molar-refractivity contribution in [3.63, 3.8) is 0 Å². The number of H-pyrrole nitrogens is 2. The van der Waals surface area contributed by atoms with Crippen LogP contribution in [0.1, 0.15) is 0 Å². The van der Waals surface area contributed by atoms with Crippen LogP contribution in [0.2, 0.25) is 0 Å². The summed E-state index contributed by atoms with van der Waals surface area (Å²) in [5.41, 5.74) is 0.904. The second-order valence-electron chi connectivity index (χ2n) is 2.27. The van der Waals surface area contributed by atoms with Crippen LogP contribution < -0.4 is 0 Å². The largest absolute Gasteiger partial charge is 0.331 e. The summed E-state index contributed by atoms with van der Waals surface area (Å²) in [5.74, 6) is 0.733. The number of hydrogen-bond acceptors (Lipinski definition) is 3. The van der Waals surface area contributed by atoms with Crippen molar-refractivity contribution in [1.82, 2.24) is 20.2 Å². The molecule has 0 fully saturated rings. The molecule has 0 bridgehead atoms. The Labute approximate surface area is 73.7 Å². The second-order valence-corrected chi connectivity index (χ2v) is 2.71. The van der Waals surface area contributed by atoms with Gasteiger partial charge in [-0.3, -0.25) is 5.10 Å². The van der Waals surface area contributed by atoms with Gasteiger partial charge in [0.05, 0.1) is 11.8 Å². The average molecular weight is 178 g/mol. The highest BCUT2D eigenvalue weighted by molar-refractivity contribution is 7.71. The van der Waals surface area contributed by atoms with Crippen molar-refractivity contribution in [3.8, 4) is 11.4 Å². The van der Waals surface area contributed by atoms with Gasteiger partial charge in [-0.1, -0.05) is 12.2 Å². The maximum atomic E-state index is 4.95. The Balaban J connectivity index is 2.55. The first-order chi connectivity index (χ1) is 5.86. The molecule has 2 aromatic rings. The number of nitrogens with zero attached hydrogens (tertiary/aromatic N) is 2. The van der Waals surface area contributed by atoms with Crippen LogP contribution in [0.4, 0.5) is 0 Å². The highest BCUT2D eigenvalue weighted by Gasteiger charge is 1.97. The van der Waals surface area contributed by atoms with Crippen LogP contribution >= 0.6 is 12.2 Å². The topological polar surface area (TPSA) is 57.4 Å². The van der Waals surface area contributed by atoms with Gasteiger partial charge in [0.1, 0.15) is 10.5 Å². The van der Waals surface area contributed by atoms with Crippen molar-refractivity contribution in [2.24, 2.45) is 0 Å². The molecule has 0 saturated heterocycles. The zero-order valence-corrected chi connectivity index (χ0v) is 6.93. The average Bonchev–Trinajstić information content (AvgIpc) is 2.56. The second kappa shape index (κ2) is 2.86. The lowest BCUT2D eigenvalue weighted by Crippen LogP contribution is -1.85. The summed E-state index contributed by atoms with van der Waals surface area (Å²) >= 11 is 4.95. The fraction of sp³-hybridized carbons (Fsp3) is 0. The molecular weight excluding hydrogens is 172 g/mol. The van der Waals surface area contributed by atoms with E-state index in [0.717, 1.165) is 11.4 Å². The van der Waals surface area contributed by atoms with E-state index in [1.54, 1.807) is 24.7 Å². The van der Waals surface area contributed by atoms with Crippen LogP contribution in [0.5, 0.6) is 0 Å². The summed E-state index contributed by atoms with van der Waals surface area (Å²) in [6.45, 7) is 0. The van der Waals surface area contributed by atoms with Gasteiger partial charge in [0.15, 0.2) is 0 Å². The lowest BCUT2D eigenvalue weighted by molar-refractivity contribution is 1.09. The van der Waals surface area contributed by atoms with Crippen LogP contribution in [0.3, 0.4) is 0 Å². The molecule has 5 heteroatoms. The molecule has 0 aliphatic carbocycles. The predicted molar refractivity (Wildman–Crippen MR) is 47.0 cm³/mol. The Morgan fingerprint density at radius 3 is 3.00 bits per heavy atom. The monoisotopic (exact) mass is 178 g/mol. The van der Waals surface area contributed by atoms with Crippen LogP contribution in [0, 0.1) is 4.64 Å². The summed E-state index contributed by atoms with van der Waals surface area (Å²) in [6, 6.07) is 1.74. The molecule has 0 spiro atoms. The Bertz CT molecular complexity index is 417. The van der Waals surface area contributed by atoms with Crippen molar-refractivity contribution in [2.45, 2.75) is 0 Å². The van der Waals surface area contributed by atoms with Gasteiger partial charge >= 0.3 is 0 Å². The molecule has 2 rings (SSSR count). The van der Waals surface area contributed by atoms with E-state index >= 15 is 0 Å². The molecule has 0 aromatic carbocycles. The summed E-state index contributed by atoms with van der Waals surface area (Å²) in [7, 11) is 0. The van der Waals surface area contributed by atoms with Gasteiger partial charge in [-0.15, -0.1) is 0 Å². The van der Waals surface area contributed by atoms with Gasteiger partial charge in [-0.2, -0.15) is 5.10 Å². The normalized spacial score (nSPS) is 10.0. The number of aromatic nitrogens is 4. The standard InChI is InChI=1S/C7H6N4S/c12-6-1-2-8-7(11-6)5-3-9-10-4-5/h1-4H,(H,9,10)(H,8,11,12). The van der Waals surface area contributed by atoms with Crippen LogP contribution in [0.25, 0.3) is 11.4 Å². The number of nitrogens with one attached hydrogen (secondary N) is 2. The number of hydrogen-bond donors (Lipinski definition) is 2. The third kappa shape index (κ3) is 1.26. The van der Waals surface area contributed by atoms with Crippen molar-refractivity contribution in [1.29, 1.82) is 0 Å². The SMILES string of the molecule is S=c1ccnc(-c2cn[nH]c2)[nH]1. The third-order valence-electron chi connectivity index (χ3n) is 1.44. The molecule has 0 atom stereocenters. The van der Waals surface area contributed by atoms with Crippen LogP contribution in [-0.2, 0) is 0 Å². The zero-order chi connectivity index (χ0) is 8.39. The summed E-state index contributed by atoms with van der Waals surface area (Å²) in [4.78, 5) is 7.05. The highest BCUT2D eigenvalue weighted by atomic mass is 32.1. The predicted octanol–water partition coefficient (Wildman–Crippen LogP) is 1.53. The first-order valence-corrected chi connectivity index (χ1v) is 3.81. The Hall–Kier alpha value is -1.49.